The quantitative estimate of drug-likeness (QED) is 0.703. The normalized spacial score (nSPS) is 19.0. The average Bonchev–Trinajstić information content (AvgIpc) is 2.34. The Morgan fingerprint density at radius 1 is 1.31 bits per heavy atom. The SMILES string of the molecule is C=C(CC1CCCC1)NC(C)(C)C. The van der Waals surface area contributed by atoms with E-state index < -0.39 is 0 Å². The van der Waals surface area contributed by atoms with Gasteiger partial charge in [-0.15, -0.1) is 0 Å². The van der Waals surface area contributed by atoms with Crippen molar-refractivity contribution in [2.45, 2.75) is 58.4 Å². The van der Waals surface area contributed by atoms with E-state index in [-0.39, 0.29) is 5.54 Å². The lowest BCUT2D eigenvalue weighted by atomic mass is 10.0. The highest BCUT2D eigenvalue weighted by Crippen LogP contribution is 2.29. The molecule has 0 saturated heterocycles. The highest BCUT2D eigenvalue weighted by Gasteiger charge is 2.17. The van der Waals surface area contributed by atoms with Crippen molar-refractivity contribution in [3.05, 3.63) is 12.3 Å². The van der Waals surface area contributed by atoms with E-state index in [9.17, 15) is 0 Å². The standard InChI is InChI=1S/C12H23N/c1-10(13-12(2,3)4)9-11-7-5-6-8-11/h11,13H,1,5-9H2,2-4H3. The lowest BCUT2D eigenvalue weighted by Crippen LogP contribution is -2.35. The zero-order valence-electron chi connectivity index (χ0n) is 9.32. The van der Waals surface area contributed by atoms with Crippen LogP contribution in [-0.2, 0) is 0 Å². The van der Waals surface area contributed by atoms with Gasteiger partial charge in [-0.1, -0.05) is 32.3 Å². The van der Waals surface area contributed by atoms with Crippen LogP contribution < -0.4 is 5.32 Å². The highest BCUT2D eigenvalue weighted by atomic mass is 15.0. The summed E-state index contributed by atoms with van der Waals surface area (Å²) in [5.74, 6) is 0.905. The van der Waals surface area contributed by atoms with Crippen LogP contribution in [-0.4, -0.2) is 5.54 Å². The van der Waals surface area contributed by atoms with Crippen LogP contribution in [0.25, 0.3) is 0 Å². The third-order valence-corrected chi connectivity index (χ3v) is 2.56. The summed E-state index contributed by atoms with van der Waals surface area (Å²) in [6, 6.07) is 0. The van der Waals surface area contributed by atoms with Gasteiger partial charge in [0.2, 0.25) is 0 Å². The molecule has 0 heterocycles. The summed E-state index contributed by atoms with van der Waals surface area (Å²) >= 11 is 0. The van der Waals surface area contributed by atoms with Gasteiger partial charge in [-0.05, 0) is 33.1 Å². The largest absolute Gasteiger partial charge is 0.384 e. The number of nitrogens with one attached hydrogen (secondary N) is 1. The third-order valence-electron chi connectivity index (χ3n) is 2.56. The third kappa shape index (κ3) is 4.35. The number of hydrogen-bond acceptors (Lipinski definition) is 1. The van der Waals surface area contributed by atoms with Crippen molar-refractivity contribution in [2.24, 2.45) is 5.92 Å². The van der Waals surface area contributed by atoms with Crippen LogP contribution in [0.15, 0.2) is 12.3 Å². The highest BCUT2D eigenvalue weighted by molar-refractivity contribution is 4.98. The molecule has 0 aromatic carbocycles. The van der Waals surface area contributed by atoms with Gasteiger partial charge in [0.25, 0.3) is 0 Å². The molecular weight excluding hydrogens is 158 g/mol. The van der Waals surface area contributed by atoms with E-state index in [2.05, 4.69) is 32.7 Å². The second kappa shape index (κ2) is 4.17. The smallest absolute Gasteiger partial charge is 0.0286 e. The molecular formula is C12H23N. The van der Waals surface area contributed by atoms with E-state index in [1.54, 1.807) is 0 Å². The van der Waals surface area contributed by atoms with Crippen molar-refractivity contribution in [1.29, 1.82) is 0 Å². The van der Waals surface area contributed by atoms with Gasteiger partial charge >= 0.3 is 0 Å². The first-order chi connectivity index (χ1) is 5.97. The van der Waals surface area contributed by atoms with Crippen molar-refractivity contribution < 1.29 is 0 Å². The molecule has 0 atom stereocenters. The number of rotatable bonds is 3. The fourth-order valence-electron chi connectivity index (χ4n) is 2.14. The van der Waals surface area contributed by atoms with E-state index in [1.165, 1.54) is 37.8 Å². The summed E-state index contributed by atoms with van der Waals surface area (Å²) < 4.78 is 0. The van der Waals surface area contributed by atoms with Crippen LogP contribution >= 0.6 is 0 Å². The molecule has 1 heteroatoms. The molecule has 13 heavy (non-hydrogen) atoms. The molecule has 1 N–H and O–H groups in total. The van der Waals surface area contributed by atoms with Gasteiger partial charge in [-0.3, -0.25) is 0 Å². The maximum absolute atomic E-state index is 4.09. The van der Waals surface area contributed by atoms with E-state index >= 15 is 0 Å². The molecule has 0 aromatic heterocycles. The number of allylic oxidation sites excluding steroid dienone is 1. The first-order valence-corrected chi connectivity index (χ1v) is 5.43. The second-order valence-corrected chi connectivity index (χ2v) is 5.33. The van der Waals surface area contributed by atoms with E-state index in [0.29, 0.717) is 0 Å². The molecule has 1 aliphatic rings. The Kier molecular flexibility index (Phi) is 3.40. The zero-order chi connectivity index (χ0) is 9.90. The maximum Gasteiger partial charge on any atom is 0.0286 e. The lowest BCUT2D eigenvalue weighted by molar-refractivity contribution is 0.436. The minimum absolute atomic E-state index is 0.176. The zero-order valence-corrected chi connectivity index (χ0v) is 9.32. The Labute approximate surface area is 82.6 Å². The van der Waals surface area contributed by atoms with Crippen LogP contribution in [0.2, 0.25) is 0 Å². The molecule has 1 aliphatic carbocycles. The molecule has 0 aromatic rings. The van der Waals surface area contributed by atoms with Gasteiger partial charge in [0, 0.05) is 11.2 Å². The van der Waals surface area contributed by atoms with Gasteiger partial charge in [0.1, 0.15) is 0 Å². The Morgan fingerprint density at radius 2 is 1.85 bits per heavy atom. The average molecular weight is 181 g/mol. The molecule has 1 nitrogen and oxygen atoms in total. The van der Waals surface area contributed by atoms with Gasteiger partial charge < -0.3 is 5.32 Å². The van der Waals surface area contributed by atoms with Gasteiger partial charge in [-0.25, -0.2) is 0 Å². The summed E-state index contributed by atoms with van der Waals surface area (Å²) in [7, 11) is 0. The Hall–Kier alpha value is -0.460. The molecule has 0 spiro atoms. The molecule has 0 radical (unpaired) electrons. The fraction of sp³-hybridized carbons (Fsp3) is 0.833. The van der Waals surface area contributed by atoms with Crippen molar-refractivity contribution >= 4 is 0 Å². The first-order valence-electron chi connectivity index (χ1n) is 5.43. The summed E-state index contributed by atoms with van der Waals surface area (Å²) in [5, 5.41) is 3.45. The van der Waals surface area contributed by atoms with E-state index in [1.807, 2.05) is 0 Å². The summed E-state index contributed by atoms with van der Waals surface area (Å²) in [5.41, 5.74) is 1.40. The van der Waals surface area contributed by atoms with Crippen molar-refractivity contribution in [3.8, 4) is 0 Å². The van der Waals surface area contributed by atoms with E-state index in [4.69, 9.17) is 0 Å². The lowest BCUT2D eigenvalue weighted by Gasteiger charge is -2.25. The van der Waals surface area contributed by atoms with Gasteiger partial charge in [0.05, 0.1) is 0 Å². The van der Waals surface area contributed by atoms with Gasteiger partial charge in [-0.2, -0.15) is 0 Å². The van der Waals surface area contributed by atoms with E-state index in [0.717, 1.165) is 5.92 Å². The fourth-order valence-corrected chi connectivity index (χ4v) is 2.14. The van der Waals surface area contributed by atoms with Crippen molar-refractivity contribution in [2.75, 3.05) is 0 Å². The Morgan fingerprint density at radius 3 is 2.31 bits per heavy atom. The Bertz CT molecular complexity index is 170. The summed E-state index contributed by atoms with van der Waals surface area (Å²) in [6.45, 7) is 10.7. The molecule has 1 rings (SSSR count). The van der Waals surface area contributed by atoms with Crippen LogP contribution in [0.4, 0.5) is 0 Å². The minimum Gasteiger partial charge on any atom is -0.384 e. The Balaban J connectivity index is 2.24. The second-order valence-electron chi connectivity index (χ2n) is 5.33. The van der Waals surface area contributed by atoms with Crippen molar-refractivity contribution in [3.63, 3.8) is 0 Å². The summed E-state index contributed by atoms with van der Waals surface area (Å²) in [4.78, 5) is 0. The minimum atomic E-state index is 0.176. The molecule has 0 bridgehead atoms. The van der Waals surface area contributed by atoms with Crippen LogP contribution in [0, 0.1) is 5.92 Å². The van der Waals surface area contributed by atoms with Crippen molar-refractivity contribution in [1.82, 2.24) is 5.32 Å². The predicted molar refractivity (Wildman–Crippen MR) is 58.6 cm³/mol. The maximum atomic E-state index is 4.09. The molecule has 76 valence electrons. The molecule has 0 unspecified atom stereocenters. The molecule has 0 amide bonds. The molecule has 1 fully saturated rings. The van der Waals surface area contributed by atoms with Gasteiger partial charge in [0.15, 0.2) is 0 Å². The van der Waals surface area contributed by atoms with Crippen LogP contribution in [0.3, 0.4) is 0 Å². The van der Waals surface area contributed by atoms with Crippen LogP contribution in [0.5, 0.6) is 0 Å². The molecule has 0 aliphatic heterocycles. The number of hydrogen-bond donors (Lipinski definition) is 1. The first kappa shape index (κ1) is 10.6. The monoisotopic (exact) mass is 181 g/mol. The molecule has 1 saturated carbocycles. The topological polar surface area (TPSA) is 12.0 Å². The van der Waals surface area contributed by atoms with Crippen LogP contribution in [0.1, 0.15) is 52.9 Å². The predicted octanol–water partition coefficient (Wildman–Crippen LogP) is 3.47. The summed E-state index contributed by atoms with van der Waals surface area (Å²) in [6.07, 6.45) is 6.84.